The van der Waals surface area contributed by atoms with E-state index in [4.69, 9.17) is 5.11 Å². The first-order valence-electron chi connectivity index (χ1n) is 5.13. The molecule has 2 aromatic heterocycles. The number of carbonyl (C=O) groups excluding carboxylic acids is 1. The molecule has 0 radical (unpaired) electrons. The lowest BCUT2D eigenvalue weighted by atomic mass is 10.2. The molecular formula is C12H10N2O3S. The normalized spacial score (nSPS) is 10.1. The minimum Gasteiger partial charge on any atom is -0.478 e. The van der Waals surface area contributed by atoms with E-state index in [9.17, 15) is 9.59 Å². The molecule has 0 aromatic carbocycles. The molecule has 2 heterocycles. The van der Waals surface area contributed by atoms with Crippen molar-refractivity contribution >= 4 is 28.2 Å². The van der Waals surface area contributed by atoms with Gasteiger partial charge in [0.05, 0.1) is 5.56 Å². The fourth-order valence-electron chi connectivity index (χ4n) is 1.46. The van der Waals surface area contributed by atoms with Crippen molar-refractivity contribution in [2.45, 2.75) is 6.92 Å². The third kappa shape index (κ3) is 2.38. The van der Waals surface area contributed by atoms with E-state index in [0.29, 0.717) is 10.7 Å². The zero-order chi connectivity index (χ0) is 13.1. The van der Waals surface area contributed by atoms with Crippen molar-refractivity contribution in [1.29, 1.82) is 0 Å². The summed E-state index contributed by atoms with van der Waals surface area (Å²) in [6.07, 6.45) is 1.52. The van der Waals surface area contributed by atoms with E-state index >= 15 is 0 Å². The number of carbonyl (C=O) groups is 2. The van der Waals surface area contributed by atoms with E-state index in [-0.39, 0.29) is 5.56 Å². The van der Waals surface area contributed by atoms with Crippen LogP contribution < -0.4 is 5.32 Å². The highest BCUT2D eigenvalue weighted by molar-refractivity contribution is 7.14. The van der Waals surface area contributed by atoms with Gasteiger partial charge in [0.15, 0.2) is 0 Å². The maximum absolute atomic E-state index is 11.9. The first kappa shape index (κ1) is 12.3. The number of anilines is 1. The SMILES string of the molecule is Cc1cccnc1C(=O)Nc1sccc1C(=O)O. The number of carboxylic acids is 1. The second kappa shape index (κ2) is 4.97. The van der Waals surface area contributed by atoms with E-state index < -0.39 is 11.9 Å². The molecule has 0 atom stereocenters. The van der Waals surface area contributed by atoms with Crippen molar-refractivity contribution in [2.24, 2.45) is 0 Å². The molecule has 92 valence electrons. The van der Waals surface area contributed by atoms with Crippen LogP contribution in [0.2, 0.25) is 0 Å². The average molecular weight is 262 g/mol. The van der Waals surface area contributed by atoms with Crippen molar-refractivity contribution < 1.29 is 14.7 Å². The summed E-state index contributed by atoms with van der Waals surface area (Å²) in [5.74, 6) is -1.47. The fraction of sp³-hybridized carbons (Fsp3) is 0.0833. The predicted octanol–water partition coefficient (Wildman–Crippen LogP) is 2.40. The fourth-order valence-corrected chi connectivity index (χ4v) is 2.23. The molecule has 6 heteroatoms. The molecule has 0 saturated carbocycles. The second-order valence-corrected chi connectivity index (χ2v) is 4.51. The van der Waals surface area contributed by atoms with Gasteiger partial charge in [-0.15, -0.1) is 11.3 Å². The Morgan fingerprint density at radius 2 is 2.17 bits per heavy atom. The summed E-state index contributed by atoms with van der Waals surface area (Å²) in [6.45, 7) is 1.77. The van der Waals surface area contributed by atoms with Crippen molar-refractivity contribution in [1.82, 2.24) is 4.98 Å². The van der Waals surface area contributed by atoms with Crippen LogP contribution in [0.4, 0.5) is 5.00 Å². The number of aryl methyl sites for hydroxylation is 1. The highest BCUT2D eigenvalue weighted by Crippen LogP contribution is 2.23. The van der Waals surface area contributed by atoms with Crippen LogP contribution in [0.5, 0.6) is 0 Å². The van der Waals surface area contributed by atoms with Crippen LogP contribution in [0.25, 0.3) is 0 Å². The predicted molar refractivity (Wildman–Crippen MR) is 68.2 cm³/mol. The maximum atomic E-state index is 11.9. The number of nitrogens with one attached hydrogen (secondary N) is 1. The lowest BCUT2D eigenvalue weighted by Crippen LogP contribution is -2.15. The number of hydrogen-bond acceptors (Lipinski definition) is 4. The third-order valence-corrected chi connectivity index (χ3v) is 3.18. The third-order valence-electron chi connectivity index (χ3n) is 2.35. The van der Waals surface area contributed by atoms with Crippen LogP contribution in [0.1, 0.15) is 26.4 Å². The molecule has 1 amide bonds. The lowest BCUT2D eigenvalue weighted by Gasteiger charge is -2.05. The molecule has 0 saturated heterocycles. The van der Waals surface area contributed by atoms with Gasteiger partial charge in [-0.25, -0.2) is 4.79 Å². The Kier molecular flexibility index (Phi) is 3.38. The quantitative estimate of drug-likeness (QED) is 0.890. The minimum absolute atomic E-state index is 0.0851. The smallest absolute Gasteiger partial charge is 0.338 e. The number of pyridine rings is 1. The van der Waals surface area contributed by atoms with Crippen LogP contribution in [0.15, 0.2) is 29.8 Å². The van der Waals surface area contributed by atoms with Crippen LogP contribution in [0, 0.1) is 6.92 Å². The second-order valence-electron chi connectivity index (χ2n) is 3.59. The molecule has 0 unspecified atom stereocenters. The van der Waals surface area contributed by atoms with Gasteiger partial charge in [0.2, 0.25) is 0 Å². The van der Waals surface area contributed by atoms with Gasteiger partial charge in [-0.2, -0.15) is 0 Å². The monoisotopic (exact) mass is 262 g/mol. The number of hydrogen-bond donors (Lipinski definition) is 2. The molecule has 18 heavy (non-hydrogen) atoms. The van der Waals surface area contributed by atoms with Gasteiger partial charge in [-0.1, -0.05) is 6.07 Å². The molecule has 5 nitrogen and oxygen atoms in total. The highest BCUT2D eigenvalue weighted by Gasteiger charge is 2.16. The van der Waals surface area contributed by atoms with Crippen LogP contribution in [-0.4, -0.2) is 22.0 Å². The standard InChI is InChI=1S/C12H10N2O3S/c1-7-3-2-5-13-9(7)10(15)14-11-8(12(16)17)4-6-18-11/h2-6H,1H3,(H,14,15)(H,16,17). The van der Waals surface area contributed by atoms with Crippen LogP contribution in [0.3, 0.4) is 0 Å². The summed E-state index contributed by atoms with van der Waals surface area (Å²) in [5, 5.41) is 13.4. The Labute approximate surface area is 107 Å². The van der Waals surface area contributed by atoms with E-state index in [1.54, 1.807) is 24.4 Å². The summed E-state index contributed by atoms with van der Waals surface area (Å²) in [6, 6.07) is 4.96. The molecule has 2 rings (SSSR count). The number of aromatic carboxylic acids is 1. The molecule has 0 aliphatic carbocycles. The molecule has 2 aromatic rings. The van der Waals surface area contributed by atoms with Crippen molar-refractivity contribution in [2.75, 3.05) is 5.32 Å². The summed E-state index contributed by atoms with van der Waals surface area (Å²) in [7, 11) is 0. The number of carboxylic acid groups (broad SMARTS) is 1. The van der Waals surface area contributed by atoms with Crippen molar-refractivity contribution in [3.05, 3.63) is 46.6 Å². The Hall–Kier alpha value is -2.21. The zero-order valence-electron chi connectivity index (χ0n) is 9.51. The number of aromatic nitrogens is 1. The minimum atomic E-state index is -1.07. The van der Waals surface area contributed by atoms with Crippen molar-refractivity contribution in [3.8, 4) is 0 Å². The largest absolute Gasteiger partial charge is 0.478 e. The Bertz CT molecular complexity index is 607. The van der Waals surface area contributed by atoms with Crippen molar-refractivity contribution in [3.63, 3.8) is 0 Å². The van der Waals surface area contributed by atoms with Gasteiger partial charge in [0, 0.05) is 6.20 Å². The first-order valence-corrected chi connectivity index (χ1v) is 6.01. The molecule has 0 aliphatic rings. The number of thiophene rings is 1. The van der Waals surface area contributed by atoms with Gasteiger partial charge < -0.3 is 10.4 Å². The summed E-state index contributed by atoms with van der Waals surface area (Å²) < 4.78 is 0. The Morgan fingerprint density at radius 1 is 1.39 bits per heavy atom. The van der Waals surface area contributed by atoms with Crippen LogP contribution in [-0.2, 0) is 0 Å². The molecular weight excluding hydrogens is 252 g/mol. The Morgan fingerprint density at radius 3 is 2.83 bits per heavy atom. The molecule has 0 bridgehead atoms. The van der Waals surface area contributed by atoms with E-state index in [2.05, 4.69) is 10.3 Å². The molecule has 0 aliphatic heterocycles. The maximum Gasteiger partial charge on any atom is 0.338 e. The van der Waals surface area contributed by atoms with Gasteiger partial charge in [-0.05, 0) is 30.0 Å². The van der Waals surface area contributed by atoms with Gasteiger partial charge in [0.25, 0.3) is 5.91 Å². The first-order chi connectivity index (χ1) is 8.59. The van der Waals surface area contributed by atoms with Gasteiger partial charge >= 0.3 is 5.97 Å². The average Bonchev–Trinajstić information content (AvgIpc) is 2.77. The topological polar surface area (TPSA) is 79.3 Å². The number of nitrogens with zero attached hydrogens (tertiary/aromatic N) is 1. The molecule has 0 spiro atoms. The highest BCUT2D eigenvalue weighted by atomic mass is 32.1. The summed E-state index contributed by atoms with van der Waals surface area (Å²) in [5.41, 5.74) is 1.12. The lowest BCUT2D eigenvalue weighted by molar-refractivity contribution is 0.0698. The number of rotatable bonds is 3. The molecule has 0 fully saturated rings. The number of amides is 1. The Balaban J connectivity index is 2.25. The molecule has 2 N–H and O–H groups in total. The van der Waals surface area contributed by atoms with Crippen LogP contribution >= 0.6 is 11.3 Å². The van der Waals surface area contributed by atoms with E-state index in [1.165, 1.54) is 23.6 Å². The zero-order valence-corrected chi connectivity index (χ0v) is 10.3. The van der Waals surface area contributed by atoms with E-state index in [0.717, 1.165) is 5.56 Å². The van der Waals surface area contributed by atoms with Gasteiger partial charge in [0.1, 0.15) is 10.7 Å². The van der Waals surface area contributed by atoms with Gasteiger partial charge in [-0.3, -0.25) is 9.78 Å². The summed E-state index contributed by atoms with van der Waals surface area (Å²) in [4.78, 5) is 26.8. The summed E-state index contributed by atoms with van der Waals surface area (Å²) >= 11 is 1.17. The van der Waals surface area contributed by atoms with E-state index in [1.807, 2.05) is 0 Å².